The zero-order chi connectivity index (χ0) is 16.7. The Labute approximate surface area is 132 Å². The van der Waals surface area contributed by atoms with Crippen LogP contribution in [0.1, 0.15) is 45.7 Å². The molecule has 22 heavy (non-hydrogen) atoms. The average Bonchev–Trinajstić information content (AvgIpc) is 2.56. The lowest BCUT2D eigenvalue weighted by molar-refractivity contribution is -0.114. The van der Waals surface area contributed by atoms with Crippen LogP contribution in [0, 0.1) is 0 Å². The molecule has 0 saturated carbocycles. The number of nitrogens with zero attached hydrogens (tertiary/aromatic N) is 2. The summed E-state index contributed by atoms with van der Waals surface area (Å²) in [6.45, 7) is 11.3. The zero-order valence-electron chi connectivity index (χ0n) is 13.8. The van der Waals surface area contributed by atoms with E-state index >= 15 is 0 Å². The van der Waals surface area contributed by atoms with Crippen molar-refractivity contribution >= 4 is 12.6 Å². The molecule has 1 aliphatic rings. The fourth-order valence-corrected chi connectivity index (χ4v) is 2.46. The van der Waals surface area contributed by atoms with Gasteiger partial charge < -0.3 is 11.1 Å². The first-order chi connectivity index (χ1) is 10.5. The molecule has 1 amide bonds. The number of benzene rings is 1. The summed E-state index contributed by atoms with van der Waals surface area (Å²) >= 11 is 0. The highest BCUT2D eigenvalue weighted by Crippen LogP contribution is 2.30. The highest BCUT2D eigenvalue weighted by molar-refractivity contribution is 5.91. The average molecular weight is 302 g/mol. The third-order valence-corrected chi connectivity index (χ3v) is 3.61. The number of hydrazone groups is 1. The van der Waals surface area contributed by atoms with Crippen LogP contribution in [0.2, 0.25) is 0 Å². The van der Waals surface area contributed by atoms with Crippen molar-refractivity contribution in [3.63, 3.8) is 0 Å². The zero-order valence-corrected chi connectivity index (χ0v) is 13.8. The van der Waals surface area contributed by atoms with Crippen LogP contribution < -0.4 is 11.1 Å². The highest BCUT2D eigenvalue weighted by Gasteiger charge is 2.30. The van der Waals surface area contributed by atoms with Crippen LogP contribution in [-0.2, 0) is 4.79 Å². The van der Waals surface area contributed by atoms with E-state index < -0.39 is 5.91 Å². The molecule has 0 aromatic heterocycles. The summed E-state index contributed by atoms with van der Waals surface area (Å²) in [7, 11) is 0. The fourth-order valence-electron chi connectivity index (χ4n) is 2.46. The van der Waals surface area contributed by atoms with Crippen molar-refractivity contribution in [2.45, 2.75) is 46.2 Å². The molecule has 5 heteroatoms. The summed E-state index contributed by atoms with van der Waals surface area (Å²) in [5, 5.41) is 9.07. The van der Waals surface area contributed by atoms with Gasteiger partial charge in [0.2, 0.25) is 5.91 Å². The largest absolute Gasteiger partial charge is 0.366 e. The molecule has 0 radical (unpaired) electrons. The van der Waals surface area contributed by atoms with Gasteiger partial charge in [0.1, 0.15) is 5.82 Å². The van der Waals surface area contributed by atoms with Crippen LogP contribution in [0.5, 0.6) is 0 Å². The Kier molecular flexibility index (Phi) is 6.63. The summed E-state index contributed by atoms with van der Waals surface area (Å²) in [5.74, 6) is 0.183. The van der Waals surface area contributed by atoms with Gasteiger partial charge in [-0.1, -0.05) is 44.2 Å². The van der Waals surface area contributed by atoms with Gasteiger partial charge in [0.05, 0.1) is 17.7 Å². The van der Waals surface area contributed by atoms with Gasteiger partial charge in [-0.15, -0.1) is 0 Å². The summed E-state index contributed by atoms with van der Waals surface area (Å²) in [6, 6.07) is 10.4. The number of primary amides is 1. The Hall–Kier alpha value is -2.30. The van der Waals surface area contributed by atoms with Crippen molar-refractivity contribution in [1.82, 2.24) is 10.3 Å². The van der Waals surface area contributed by atoms with Gasteiger partial charge in [-0.25, -0.2) is 5.01 Å². The Morgan fingerprint density at radius 2 is 1.95 bits per heavy atom. The standard InChI is InChI=1S/C15H20N4O.C2H6/c1-10-9-13(12-7-5-4-6-8-12)18-15(19(10)17-3)11(2)14(16)20;1-2/h4-8,10,13,18H,3,9H2,1-2H3,(H2,16,20);1-2H3/b15-11+;. The van der Waals surface area contributed by atoms with Crippen LogP contribution in [0.15, 0.2) is 46.8 Å². The topological polar surface area (TPSA) is 70.7 Å². The van der Waals surface area contributed by atoms with Crippen molar-refractivity contribution in [3.05, 3.63) is 47.3 Å². The van der Waals surface area contributed by atoms with Crippen molar-refractivity contribution in [1.29, 1.82) is 0 Å². The van der Waals surface area contributed by atoms with Crippen molar-refractivity contribution < 1.29 is 4.79 Å². The van der Waals surface area contributed by atoms with E-state index in [1.165, 1.54) is 5.56 Å². The lowest BCUT2D eigenvalue weighted by Crippen LogP contribution is -2.45. The number of nitrogens with one attached hydrogen (secondary N) is 1. The number of amides is 1. The number of hydrogen-bond acceptors (Lipinski definition) is 4. The van der Waals surface area contributed by atoms with E-state index in [0.29, 0.717) is 11.4 Å². The molecule has 2 rings (SSSR count). The van der Waals surface area contributed by atoms with E-state index in [2.05, 4.69) is 36.2 Å². The van der Waals surface area contributed by atoms with Gasteiger partial charge in [-0.3, -0.25) is 4.79 Å². The predicted molar refractivity (Wildman–Crippen MR) is 91.0 cm³/mol. The number of carbonyl (C=O) groups excluding carboxylic acids is 1. The second kappa shape index (κ2) is 8.22. The summed E-state index contributed by atoms with van der Waals surface area (Å²) in [4.78, 5) is 11.4. The van der Waals surface area contributed by atoms with E-state index in [0.717, 1.165) is 6.42 Å². The van der Waals surface area contributed by atoms with Gasteiger partial charge in [0.25, 0.3) is 0 Å². The third kappa shape index (κ3) is 3.87. The maximum atomic E-state index is 11.4. The van der Waals surface area contributed by atoms with E-state index in [1.54, 1.807) is 11.9 Å². The number of rotatable bonds is 3. The summed E-state index contributed by atoms with van der Waals surface area (Å²) < 4.78 is 0. The molecule has 3 N–H and O–H groups in total. The number of hydrogen-bond donors (Lipinski definition) is 2. The second-order valence-electron chi connectivity index (χ2n) is 5.02. The van der Waals surface area contributed by atoms with Crippen molar-refractivity contribution in [2.75, 3.05) is 0 Å². The molecular formula is C17H26N4O. The third-order valence-electron chi connectivity index (χ3n) is 3.61. The molecule has 1 aromatic carbocycles. The lowest BCUT2D eigenvalue weighted by Gasteiger charge is -2.39. The second-order valence-corrected chi connectivity index (χ2v) is 5.02. The highest BCUT2D eigenvalue weighted by atomic mass is 16.1. The minimum absolute atomic E-state index is 0.133. The van der Waals surface area contributed by atoms with Gasteiger partial charge >= 0.3 is 0 Å². The molecule has 120 valence electrons. The quantitative estimate of drug-likeness (QED) is 0.666. The first-order valence-electron chi connectivity index (χ1n) is 7.62. The van der Waals surface area contributed by atoms with E-state index in [4.69, 9.17) is 5.73 Å². The monoisotopic (exact) mass is 302 g/mol. The molecule has 1 saturated heterocycles. The summed E-state index contributed by atoms with van der Waals surface area (Å²) in [5.41, 5.74) is 7.03. The Bertz CT molecular complexity index is 539. The lowest BCUT2D eigenvalue weighted by atomic mass is 9.97. The molecule has 1 aliphatic heterocycles. The minimum atomic E-state index is -0.456. The first kappa shape index (κ1) is 17.8. The Morgan fingerprint density at radius 3 is 2.45 bits per heavy atom. The van der Waals surface area contributed by atoms with Crippen LogP contribution >= 0.6 is 0 Å². The fraction of sp³-hybridized carbons (Fsp3) is 0.412. The minimum Gasteiger partial charge on any atom is -0.366 e. The van der Waals surface area contributed by atoms with Gasteiger partial charge in [-0.05, 0) is 25.8 Å². The van der Waals surface area contributed by atoms with Crippen LogP contribution in [0.25, 0.3) is 0 Å². The van der Waals surface area contributed by atoms with Crippen LogP contribution in [-0.4, -0.2) is 23.7 Å². The molecule has 1 heterocycles. The van der Waals surface area contributed by atoms with Crippen LogP contribution in [0.4, 0.5) is 0 Å². The van der Waals surface area contributed by atoms with E-state index in [-0.39, 0.29) is 12.1 Å². The van der Waals surface area contributed by atoms with Gasteiger partial charge in [0, 0.05) is 6.72 Å². The Balaban J connectivity index is 0.00000116. The smallest absolute Gasteiger partial charge is 0.248 e. The van der Waals surface area contributed by atoms with Crippen molar-refractivity contribution in [2.24, 2.45) is 10.8 Å². The molecule has 1 aromatic rings. The predicted octanol–water partition coefficient (Wildman–Crippen LogP) is 2.77. The Morgan fingerprint density at radius 1 is 1.36 bits per heavy atom. The molecule has 5 nitrogen and oxygen atoms in total. The first-order valence-corrected chi connectivity index (χ1v) is 7.62. The number of carbonyl (C=O) groups is 1. The maximum Gasteiger partial charge on any atom is 0.248 e. The molecule has 1 fully saturated rings. The van der Waals surface area contributed by atoms with Crippen LogP contribution in [0.3, 0.4) is 0 Å². The molecule has 0 bridgehead atoms. The van der Waals surface area contributed by atoms with Gasteiger partial charge in [-0.2, -0.15) is 5.10 Å². The molecule has 2 atom stereocenters. The van der Waals surface area contributed by atoms with Crippen molar-refractivity contribution in [3.8, 4) is 0 Å². The van der Waals surface area contributed by atoms with E-state index in [1.807, 2.05) is 32.0 Å². The number of nitrogens with two attached hydrogens (primary N) is 1. The van der Waals surface area contributed by atoms with Gasteiger partial charge in [0.15, 0.2) is 0 Å². The summed E-state index contributed by atoms with van der Waals surface area (Å²) in [6.07, 6.45) is 0.874. The van der Waals surface area contributed by atoms with E-state index in [9.17, 15) is 4.79 Å². The normalized spacial score (nSPS) is 22.8. The maximum absolute atomic E-state index is 11.4. The SMILES string of the molecule is C=NN1/C(=C(\C)C(N)=O)NC(c2ccccc2)CC1C.CC. The molecule has 2 unspecified atom stereocenters. The molecule has 0 aliphatic carbocycles. The molecular weight excluding hydrogens is 276 g/mol. The molecule has 0 spiro atoms.